The minimum absolute atomic E-state index is 0.0221. The molecule has 2 aliphatic rings. The number of amides is 4. The monoisotopic (exact) mass is 466 g/mol. The molecule has 1 unspecified atom stereocenters. The van der Waals surface area contributed by atoms with Gasteiger partial charge in [-0.25, -0.2) is 19.0 Å². The Labute approximate surface area is 186 Å². The summed E-state index contributed by atoms with van der Waals surface area (Å²) in [5, 5.41) is 19.2. The van der Waals surface area contributed by atoms with Gasteiger partial charge in [-0.2, -0.15) is 5.10 Å². The van der Waals surface area contributed by atoms with E-state index in [0.717, 1.165) is 11.1 Å². The van der Waals surface area contributed by atoms with E-state index < -0.39 is 30.0 Å². The third-order valence-electron chi connectivity index (χ3n) is 5.21. The maximum absolute atomic E-state index is 13.4. The van der Waals surface area contributed by atoms with E-state index in [1.165, 1.54) is 28.8 Å². The van der Waals surface area contributed by atoms with Gasteiger partial charge in [0.2, 0.25) is 0 Å². The summed E-state index contributed by atoms with van der Waals surface area (Å²) in [6.07, 6.45) is -1.40. The van der Waals surface area contributed by atoms with Gasteiger partial charge >= 0.3 is 12.1 Å². The van der Waals surface area contributed by atoms with Crippen molar-refractivity contribution in [3.05, 3.63) is 46.0 Å². The highest BCUT2D eigenvalue weighted by atomic mass is 35.5. The summed E-state index contributed by atoms with van der Waals surface area (Å²) in [5.74, 6) is -1.03. The Kier molecular flexibility index (Phi) is 5.89. The van der Waals surface area contributed by atoms with Crippen LogP contribution in [0, 0.1) is 5.82 Å². The fourth-order valence-corrected chi connectivity index (χ4v) is 3.88. The number of hydrogen-bond acceptors (Lipinski definition) is 5. The van der Waals surface area contributed by atoms with Gasteiger partial charge in [-0.3, -0.25) is 14.3 Å². The van der Waals surface area contributed by atoms with Crippen molar-refractivity contribution < 1.29 is 28.7 Å². The van der Waals surface area contributed by atoms with Gasteiger partial charge in [-0.1, -0.05) is 11.6 Å². The number of benzene rings is 1. The summed E-state index contributed by atoms with van der Waals surface area (Å²) < 4.78 is 14.9. The molecule has 2 aliphatic heterocycles. The molecule has 1 aromatic heterocycles. The zero-order valence-corrected chi connectivity index (χ0v) is 17.7. The Morgan fingerprint density at radius 3 is 2.91 bits per heavy atom. The number of rotatable bonds is 3. The molecule has 0 saturated carbocycles. The highest BCUT2D eigenvalue weighted by molar-refractivity contribution is 6.31. The highest BCUT2D eigenvalue weighted by Gasteiger charge is 2.35. The molecule has 13 heteroatoms. The van der Waals surface area contributed by atoms with Crippen molar-refractivity contribution >= 4 is 35.3 Å². The molecule has 170 valence electrons. The van der Waals surface area contributed by atoms with E-state index in [1.54, 1.807) is 0 Å². The molecule has 3 heterocycles. The molecule has 32 heavy (non-hydrogen) atoms. The number of nitrogens with one attached hydrogen (secondary N) is 2. The lowest BCUT2D eigenvalue weighted by molar-refractivity contribution is -0.146. The summed E-state index contributed by atoms with van der Waals surface area (Å²) in [7, 11) is 1.44. The number of aromatic nitrogens is 2. The number of fused-ring (bicyclic) bond motifs is 3. The molecule has 11 nitrogen and oxygen atoms in total. The number of nitrogens with zero attached hydrogens (tertiary/aromatic N) is 4. The van der Waals surface area contributed by atoms with E-state index >= 15 is 0 Å². The van der Waals surface area contributed by atoms with Crippen LogP contribution in [0.3, 0.4) is 0 Å². The minimum Gasteiger partial charge on any atom is -0.465 e. The van der Waals surface area contributed by atoms with Crippen LogP contribution in [0.5, 0.6) is 0 Å². The smallest absolute Gasteiger partial charge is 0.404 e. The summed E-state index contributed by atoms with van der Waals surface area (Å²) in [4.78, 5) is 43.5. The van der Waals surface area contributed by atoms with Gasteiger partial charge < -0.3 is 20.6 Å². The van der Waals surface area contributed by atoms with Crippen molar-refractivity contribution in [1.29, 1.82) is 0 Å². The van der Waals surface area contributed by atoms with E-state index in [4.69, 9.17) is 21.5 Å². The molecule has 2 aromatic rings. The van der Waals surface area contributed by atoms with Crippen molar-refractivity contribution in [3.63, 3.8) is 0 Å². The van der Waals surface area contributed by atoms with Gasteiger partial charge in [0.15, 0.2) is 0 Å². The van der Waals surface area contributed by atoms with E-state index in [2.05, 4.69) is 15.7 Å². The number of hydroxylamine groups is 2. The zero-order valence-electron chi connectivity index (χ0n) is 17.0. The van der Waals surface area contributed by atoms with E-state index in [9.17, 15) is 18.8 Å². The summed E-state index contributed by atoms with van der Waals surface area (Å²) in [6, 6.07) is 3.46. The third kappa shape index (κ3) is 4.32. The Balaban J connectivity index is 1.53. The number of hydrogen-bond donors (Lipinski definition) is 3. The van der Waals surface area contributed by atoms with Gasteiger partial charge in [0.25, 0.3) is 5.91 Å². The quantitative estimate of drug-likeness (QED) is 0.633. The molecule has 3 N–H and O–H groups in total. The fourth-order valence-electron chi connectivity index (χ4n) is 3.70. The normalized spacial score (nSPS) is 18.0. The molecule has 1 aromatic carbocycles. The first kappa shape index (κ1) is 21.8. The van der Waals surface area contributed by atoms with Gasteiger partial charge in [0.05, 0.1) is 30.4 Å². The van der Waals surface area contributed by atoms with Crippen molar-refractivity contribution in [3.8, 4) is 0 Å². The summed E-state index contributed by atoms with van der Waals surface area (Å²) >= 11 is 5.77. The van der Waals surface area contributed by atoms with E-state index in [1.807, 2.05) is 0 Å². The average Bonchev–Trinajstić information content (AvgIpc) is 3.05. The summed E-state index contributed by atoms with van der Waals surface area (Å²) in [5.41, 5.74) is 1.94. The van der Waals surface area contributed by atoms with Crippen LogP contribution in [0.2, 0.25) is 5.02 Å². The number of halogens is 2. The van der Waals surface area contributed by atoms with Gasteiger partial charge in [0, 0.05) is 31.3 Å². The second kappa shape index (κ2) is 8.63. The van der Waals surface area contributed by atoms with Crippen molar-refractivity contribution in [2.45, 2.75) is 25.6 Å². The number of urea groups is 1. The lowest BCUT2D eigenvalue weighted by Gasteiger charge is -2.27. The highest BCUT2D eigenvalue weighted by Crippen LogP contribution is 2.27. The maximum Gasteiger partial charge on any atom is 0.404 e. The first-order valence-corrected chi connectivity index (χ1v) is 10.1. The van der Waals surface area contributed by atoms with Crippen LogP contribution in [0.1, 0.15) is 21.7 Å². The first-order valence-electron chi connectivity index (χ1n) is 9.74. The lowest BCUT2D eigenvalue weighted by atomic mass is 10.1. The molecular weight excluding hydrogens is 447 g/mol. The molecule has 0 saturated heterocycles. The van der Waals surface area contributed by atoms with Crippen molar-refractivity contribution in [2.75, 3.05) is 25.5 Å². The van der Waals surface area contributed by atoms with Crippen LogP contribution in [-0.4, -0.2) is 69.1 Å². The van der Waals surface area contributed by atoms with Gasteiger partial charge in [-0.15, -0.1) is 0 Å². The number of carboxylic acid groups (broad SMARTS) is 1. The predicted molar refractivity (Wildman–Crippen MR) is 110 cm³/mol. The Morgan fingerprint density at radius 2 is 2.19 bits per heavy atom. The standard InChI is InChI=1S/C19H20ClFN6O5/c1-25-17(28)16-12-9-26(18(29)23-10-2-3-14(21)13(20)6-10)5-4-15(12)24-27(16)8-11(32-25)7-22-19(30)31/h2-3,6,11,22H,4-5,7-9H2,1H3,(H,23,29)(H,30,31). The van der Waals surface area contributed by atoms with Crippen LogP contribution >= 0.6 is 11.6 Å². The molecule has 1 atom stereocenters. The molecule has 0 aliphatic carbocycles. The number of carbonyl (C=O) groups is 3. The topological polar surface area (TPSA) is 129 Å². The Bertz CT molecular complexity index is 1090. The molecule has 4 rings (SSSR count). The third-order valence-corrected chi connectivity index (χ3v) is 5.50. The molecular formula is C19H20ClFN6O5. The fraction of sp³-hybridized carbons (Fsp3) is 0.368. The van der Waals surface area contributed by atoms with Crippen LogP contribution in [0.15, 0.2) is 18.2 Å². The van der Waals surface area contributed by atoms with Crippen molar-refractivity contribution in [2.24, 2.45) is 0 Å². The molecule has 0 fully saturated rings. The van der Waals surface area contributed by atoms with Crippen molar-refractivity contribution in [1.82, 2.24) is 25.1 Å². The Morgan fingerprint density at radius 1 is 1.41 bits per heavy atom. The van der Waals surface area contributed by atoms with Gasteiger partial charge in [0.1, 0.15) is 17.6 Å². The Hall–Kier alpha value is -3.38. The van der Waals surface area contributed by atoms with Crippen LogP contribution in [0.4, 0.5) is 19.7 Å². The van der Waals surface area contributed by atoms with Crippen LogP contribution in [0.25, 0.3) is 0 Å². The predicted octanol–water partition coefficient (Wildman–Crippen LogP) is 1.92. The zero-order chi connectivity index (χ0) is 23.0. The van der Waals surface area contributed by atoms with Crippen LogP contribution < -0.4 is 10.6 Å². The molecule has 4 amide bonds. The molecule has 0 bridgehead atoms. The van der Waals surface area contributed by atoms with E-state index in [-0.39, 0.29) is 24.7 Å². The van der Waals surface area contributed by atoms with Gasteiger partial charge in [-0.05, 0) is 18.2 Å². The average molecular weight is 467 g/mol. The maximum atomic E-state index is 13.4. The number of anilines is 1. The second-order valence-corrected chi connectivity index (χ2v) is 7.81. The van der Waals surface area contributed by atoms with Crippen LogP contribution in [-0.2, 0) is 24.3 Å². The van der Waals surface area contributed by atoms with E-state index in [0.29, 0.717) is 35.6 Å². The largest absolute Gasteiger partial charge is 0.465 e. The second-order valence-electron chi connectivity index (χ2n) is 7.40. The lowest BCUT2D eigenvalue weighted by Crippen LogP contribution is -2.40. The summed E-state index contributed by atoms with van der Waals surface area (Å²) in [6.45, 7) is 0.655. The molecule has 0 radical (unpaired) electrons. The minimum atomic E-state index is -1.20. The molecule has 0 spiro atoms. The number of carbonyl (C=O) groups excluding carboxylic acids is 2. The SMILES string of the molecule is CN1OC(CNC(=O)O)Cn2nc3c(c2C1=O)CN(C(=O)Nc1ccc(F)c(Cl)c1)CC3. The first-order chi connectivity index (χ1) is 15.2.